The highest BCUT2D eigenvalue weighted by Gasteiger charge is 2.24. The molecule has 1 aromatic heterocycles. The summed E-state index contributed by atoms with van der Waals surface area (Å²) in [6.45, 7) is 0.966. The molecule has 0 saturated heterocycles. The molecule has 0 radical (unpaired) electrons. The summed E-state index contributed by atoms with van der Waals surface area (Å²) in [7, 11) is 0. The highest BCUT2D eigenvalue weighted by molar-refractivity contribution is 8.00. The standard InChI is InChI=1S/C18H18ClN3O2S/c19-14-5-1-4-13(10-14)11-21-16(23)7-3-9-22-15-6-2-8-20-18(15)25-12-17(22)24/h1-2,4-6,8,10H,3,7,9,11-12H2,(H,21,23). The highest BCUT2D eigenvalue weighted by atomic mass is 35.5. The van der Waals surface area contributed by atoms with Crippen molar-refractivity contribution in [2.75, 3.05) is 17.2 Å². The molecule has 0 atom stereocenters. The minimum absolute atomic E-state index is 0.0368. The molecule has 1 aliphatic heterocycles. The molecule has 7 heteroatoms. The normalized spacial score (nSPS) is 13.5. The molecule has 3 rings (SSSR count). The van der Waals surface area contributed by atoms with Crippen molar-refractivity contribution < 1.29 is 9.59 Å². The first-order valence-electron chi connectivity index (χ1n) is 8.03. The molecule has 1 aromatic carbocycles. The van der Waals surface area contributed by atoms with Gasteiger partial charge in [0.2, 0.25) is 11.8 Å². The Kier molecular flexibility index (Phi) is 5.94. The first kappa shape index (κ1) is 17.8. The van der Waals surface area contributed by atoms with E-state index in [1.807, 2.05) is 30.3 Å². The van der Waals surface area contributed by atoms with Crippen LogP contribution in [0, 0.1) is 0 Å². The molecule has 0 aliphatic carbocycles. The smallest absolute Gasteiger partial charge is 0.237 e. The Balaban J connectivity index is 1.48. The van der Waals surface area contributed by atoms with Gasteiger partial charge in [-0.3, -0.25) is 9.59 Å². The maximum absolute atomic E-state index is 12.1. The van der Waals surface area contributed by atoms with Crippen LogP contribution in [0.15, 0.2) is 47.6 Å². The van der Waals surface area contributed by atoms with E-state index in [4.69, 9.17) is 11.6 Å². The lowest BCUT2D eigenvalue weighted by Gasteiger charge is -2.27. The van der Waals surface area contributed by atoms with E-state index < -0.39 is 0 Å². The van der Waals surface area contributed by atoms with Gasteiger partial charge in [-0.25, -0.2) is 4.98 Å². The zero-order valence-corrected chi connectivity index (χ0v) is 15.1. The van der Waals surface area contributed by atoms with Crippen molar-refractivity contribution in [3.8, 4) is 0 Å². The lowest BCUT2D eigenvalue weighted by molar-refractivity contribution is -0.121. The third-order valence-electron chi connectivity index (χ3n) is 3.84. The average molecular weight is 376 g/mol. The van der Waals surface area contributed by atoms with E-state index in [2.05, 4.69) is 10.3 Å². The van der Waals surface area contributed by atoms with Gasteiger partial charge in [0.05, 0.1) is 11.4 Å². The first-order chi connectivity index (χ1) is 12.1. The average Bonchev–Trinajstić information content (AvgIpc) is 2.62. The van der Waals surface area contributed by atoms with Crippen LogP contribution in [0.1, 0.15) is 18.4 Å². The van der Waals surface area contributed by atoms with Gasteiger partial charge in [0.25, 0.3) is 0 Å². The number of carbonyl (C=O) groups is 2. The van der Waals surface area contributed by atoms with Crippen LogP contribution in [0.25, 0.3) is 0 Å². The summed E-state index contributed by atoms with van der Waals surface area (Å²) < 4.78 is 0. The van der Waals surface area contributed by atoms with Crippen molar-refractivity contribution in [1.82, 2.24) is 10.3 Å². The predicted molar refractivity (Wildman–Crippen MR) is 99.8 cm³/mol. The molecule has 130 valence electrons. The summed E-state index contributed by atoms with van der Waals surface area (Å²) >= 11 is 7.38. The monoisotopic (exact) mass is 375 g/mol. The van der Waals surface area contributed by atoms with Gasteiger partial charge in [-0.05, 0) is 36.2 Å². The van der Waals surface area contributed by atoms with Gasteiger partial charge in [0.1, 0.15) is 5.03 Å². The number of hydrogen-bond acceptors (Lipinski definition) is 4. The fourth-order valence-corrected chi connectivity index (χ4v) is 3.71. The molecule has 0 bridgehead atoms. The van der Waals surface area contributed by atoms with Crippen molar-refractivity contribution in [3.05, 3.63) is 53.2 Å². The number of hydrogen-bond donors (Lipinski definition) is 1. The Bertz CT molecular complexity index is 784. The van der Waals surface area contributed by atoms with E-state index in [0.29, 0.717) is 36.7 Å². The summed E-state index contributed by atoms with van der Waals surface area (Å²) in [5.41, 5.74) is 1.80. The van der Waals surface area contributed by atoms with E-state index in [0.717, 1.165) is 16.3 Å². The second kappa shape index (κ2) is 8.36. The largest absolute Gasteiger partial charge is 0.352 e. The number of rotatable bonds is 6. The summed E-state index contributed by atoms with van der Waals surface area (Å²) in [6, 6.07) is 11.1. The number of thioether (sulfide) groups is 1. The minimum Gasteiger partial charge on any atom is -0.352 e. The Morgan fingerprint density at radius 3 is 3.04 bits per heavy atom. The van der Waals surface area contributed by atoms with Crippen molar-refractivity contribution in [2.24, 2.45) is 0 Å². The number of halogens is 1. The third kappa shape index (κ3) is 4.74. The van der Waals surface area contributed by atoms with Crippen molar-refractivity contribution in [2.45, 2.75) is 24.4 Å². The van der Waals surface area contributed by atoms with Crippen LogP contribution in [0.5, 0.6) is 0 Å². The number of pyridine rings is 1. The molecule has 0 saturated carbocycles. The molecule has 2 amide bonds. The quantitative estimate of drug-likeness (QED) is 0.841. The Hall–Kier alpha value is -2.05. The molecular formula is C18H18ClN3O2S. The van der Waals surface area contributed by atoms with E-state index in [-0.39, 0.29) is 11.8 Å². The fraction of sp³-hybridized carbons (Fsp3) is 0.278. The lowest BCUT2D eigenvalue weighted by Crippen LogP contribution is -2.37. The van der Waals surface area contributed by atoms with Crippen LogP contribution in [0.2, 0.25) is 5.02 Å². The maximum Gasteiger partial charge on any atom is 0.237 e. The number of benzene rings is 1. The number of nitrogens with one attached hydrogen (secondary N) is 1. The molecule has 0 spiro atoms. The summed E-state index contributed by atoms with van der Waals surface area (Å²) in [4.78, 5) is 30.2. The molecule has 0 fully saturated rings. The van der Waals surface area contributed by atoms with E-state index in [1.54, 1.807) is 17.2 Å². The summed E-state index contributed by atoms with van der Waals surface area (Å²) in [5, 5.41) is 4.40. The molecule has 1 aliphatic rings. The van der Waals surface area contributed by atoms with Gasteiger partial charge in [-0.1, -0.05) is 35.5 Å². The number of nitrogens with zero attached hydrogens (tertiary/aromatic N) is 2. The minimum atomic E-state index is -0.0368. The summed E-state index contributed by atoms with van der Waals surface area (Å²) in [6.07, 6.45) is 2.70. The molecule has 25 heavy (non-hydrogen) atoms. The van der Waals surface area contributed by atoms with Crippen LogP contribution in [-0.2, 0) is 16.1 Å². The van der Waals surface area contributed by atoms with Crippen LogP contribution >= 0.6 is 23.4 Å². The molecular weight excluding hydrogens is 358 g/mol. The molecule has 2 aromatic rings. The van der Waals surface area contributed by atoms with Gasteiger partial charge in [0.15, 0.2) is 0 Å². The number of aromatic nitrogens is 1. The third-order valence-corrected chi connectivity index (χ3v) is 5.05. The zero-order valence-electron chi connectivity index (χ0n) is 13.6. The van der Waals surface area contributed by atoms with Crippen LogP contribution < -0.4 is 10.2 Å². The molecule has 2 heterocycles. The second-order valence-electron chi connectivity index (χ2n) is 5.67. The zero-order chi connectivity index (χ0) is 17.6. The Morgan fingerprint density at radius 1 is 1.32 bits per heavy atom. The summed E-state index contributed by atoms with van der Waals surface area (Å²) in [5.74, 6) is 0.417. The van der Waals surface area contributed by atoms with Gasteiger partial charge in [-0.2, -0.15) is 0 Å². The van der Waals surface area contributed by atoms with Crippen molar-refractivity contribution in [3.63, 3.8) is 0 Å². The van der Waals surface area contributed by atoms with Crippen LogP contribution in [0.4, 0.5) is 5.69 Å². The fourth-order valence-electron chi connectivity index (χ4n) is 2.62. The number of anilines is 1. The molecule has 5 nitrogen and oxygen atoms in total. The van der Waals surface area contributed by atoms with Gasteiger partial charge >= 0.3 is 0 Å². The Labute approximate surface area is 155 Å². The first-order valence-corrected chi connectivity index (χ1v) is 9.39. The number of fused-ring (bicyclic) bond motifs is 1. The van der Waals surface area contributed by atoms with Gasteiger partial charge in [0, 0.05) is 30.7 Å². The maximum atomic E-state index is 12.1. The van der Waals surface area contributed by atoms with Crippen LogP contribution in [-0.4, -0.2) is 29.1 Å². The van der Waals surface area contributed by atoms with E-state index >= 15 is 0 Å². The van der Waals surface area contributed by atoms with E-state index in [1.165, 1.54) is 11.8 Å². The van der Waals surface area contributed by atoms with Gasteiger partial charge < -0.3 is 10.2 Å². The van der Waals surface area contributed by atoms with E-state index in [9.17, 15) is 9.59 Å². The van der Waals surface area contributed by atoms with Crippen molar-refractivity contribution >= 4 is 40.9 Å². The Morgan fingerprint density at radius 2 is 2.20 bits per heavy atom. The lowest BCUT2D eigenvalue weighted by atomic mass is 10.2. The van der Waals surface area contributed by atoms with Gasteiger partial charge in [-0.15, -0.1) is 0 Å². The van der Waals surface area contributed by atoms with Crippen LogP contribution in [0.3, 0.4) is 0 Å². The number of amides is 2. The van der Waals surface area contributed by atoms with Crippen molar-refractivity contribution in [1.29, 1.82) is 0 Å². The molecule has 1 N–H and O–H groups in total. The predicted octanol–water partition coefficient (Wildman–Crippen LogP) is 3.27. The second-order valence-corrected chi connectivity index (χ2v) is 7.07. The molecule has 0 unspecified atom stereocenters. The highest BCUT2D eigenvalue weighted by Crippen LogP contribution is 2.33. The number of carbonyl (C=O) groups excluding carboxylic acids is 2. The topological polar surface area (TPSA) is 62.3 Å². The SMILES string of the molecule is O=C(CCCN1C(=O)CSc2ncccc21)NCc1cccc(Cl)c1.